The number of carbonyl (C=O) groups excluding carboxylic acids is 2. The highest BCUT2D eigenvalue weighted by atomic mass is 35.5. The summed E-state index contributed by atoms with van der Waals surface area (Å²) in [5, 5.41) is 3.25. The minimum atomic E-state index is -0.325. The van der Waals surface area contributed by atoms with E-state index in [4.69, 9.17) is 11.6 Å². The number of hydrogen-bond acceptors (Lipinski definition) is 3. The third kappa shape index (κ3) is 5.73. The van der Waals surface area contributed by atoms with Crippen LogP contribution in [0, 0.1) is 5.92 Å². The Morgan fingerprint density at radius 2 is 1.79 bits per heavy atom. The molecule has 0 saturated carbocycles. The standard InChI is InChI=1S/C23H34ClN3O2/c1-16-6-5-11-27(15-16)18-9-12-26(13-10-18)22(29)19-8-7-17(14-20(19)24)21(28)25-23(2,3)4/h7-8,14,16,18H,5-6,9-13,15H2,1-4H3,(H,25,28). The first-order valence-electron chi connectivity index (χ1n) is 10.8. The van der Waals surface area contributed by atoms with E-state index in [-0.39, 0.29) is 17.4 Å². The van der Waals surface area contributed by atoms with Crippen molar-refractivity contribution in [3.05, 3.63) is 34.3 Å². The first-order chi connectivity index (χ1) is 13.6. The maximum Gasteiger partial charge on any atom is 0.255 e. The van der Waals surface area contributed by atoms with E-state index in [1.807, 2.05) is 25.7 Å². The molecule has 2 saturated heterocycles. The van der Waals surface area contributed by atoms with Gasteiger partial charge in [-0.1, -0.05) is 18.5 Å². The van der Waals surface area contributed by atoms with Gasteiger partial charge in [-0.2, -0.15) is 0 Å². The Kier molecular flexibility index (Phi) is 6.90. The molecule has 0 spiro atoms. The van der Waals surface area contributed by atoms with Crippen LogP contribution in [0.2, 0.25) is 5.02 Å². The van der Waals surface area contributed by atoms with Crippen molar-refractivity contribution in [1.82, 2.24) is 15.1 Å². The summed E-state index contributed by atoms with van der Waals surface area (Å²) >= 11 is 6.39. The van der Waals surface area contributed by atoms with Gasteiger partial charge >= 0.3 is 0 Å². The number of benzene rings is 1. The number of hydrogen-bond donors (Lipinski definition) is 1. The third-order valence-electron chi connectivity index (χ3n) is 5.91. The molecule has 1 aromatic carbocycles. The average molecular weight is 420 g/mol. The van der Waals surface area contributed by atoms with Crippen LogP contribution >= 0.6 is 11.6 Å². The summed E-state index contributed by atoms with van der Waals surface area (Å²) in [5.41, 5.74) is 0.623. The Labute approximate surface area is 179 Å². The maximum atomic E-state index is 13.0. The number of amides is 2. The van der Waals surface area contributed by atoms with Crippen LogP contribution in [-0.2, 0) is 0 Å². The van der Waals surface area contributed by atoms with Crippen LogP contribution in [-0.4, -0.2) is 59.4 Å². The molecule has 0 aromatic heterocycles. The summed E-state index contributed by atoms with van der Waals surface area (Å²) in [4.78, 5) is 29.8. The van der Waals surface area contributed by atoms with Crippen molar-refractivity contribution in [3.63, 3.8) is 0 Å². The molecule has 0 aliphatic carbocycles. The van der Waals surface area contributed by atoms with Gasteiger partial charge in [0.15, 0.2) is 0 Å². The van der Waals surface area contributed by atoms with E-state index in [9.17, 15) is 9.59 Å². The van der Waals surface area contributed by atoms with Gasteiger partial charge < -0.3 is 10.2 Å². The Hall–Kier alpha value is -1.59. The fraction of sp³-hybridized carbons (Fsp3) is 0.652. The molecule has 1 aromatic rings. The van der Waals surface area contributed by atoms with Crippen molar-refractivity contribution < 1.29 is 9.59 Å². The number of likely N-dealkylation sites (tertiary alicyclic amines) is 2. The lowest BCUT2D eigenvalue weighted by molar-refractivity contribution is 0.0542. The highest BCUT2D eigenvalue weighted by Crippen LogP contribution is 2.26. The number of rotatable bonds is 3. The predicted molar refractivity (Wildman–Crippen MR) is 118 cm³/mol. The quantitative estimate of drug-likeness (QED) is 0.798. The predicted octanol–water partition coefficient (Wildman–Crippen LogP) is 4.20. The first-order valence-corrected chi connectivity index (χ1v) is 11.2. The monoisotopic (exact) mass is 419 g/mol. The van der Waals surface area contributed by atoms with E-state index in [0.717, 1.165) is 31.8 Å². The average Bonchev–Trinajstić information content (AvgIpc) is 2.66. The zero-order valence-corrected chi connectivity index (χ0v) is 18.9. The van der Waals surface area contributed by atoms with Gasteiger partial charge in [0, 0.05) is 36.8 Å². The van der Waals surface area contributed by atoms with Gasteiger partial charge in [-0.3, -0.25) is 14.5 Å². The van der Waals surface area contributed by atoms with Crippen LogP contribution in [0.3, 0.4) is 0 Å². The van der Waals surface area contributed by atoms with Crippen LogP contribution in [0.4, 0.5) is 0 Å². The smallest absolute Gasteiger partial charge is 0.255 e. The van der Waals surface area contributed by atoms with Crippen LogP contribution in [0.25, 0.3) is 0 Å². The van der Waals surface area contributed by atoms with E-state index in [2.05, 4.69) is 17.1 Å². The van der Waals surface area contributed by atoms with E-state index in [1.54, 1.807) is 18.2 Å². The van der Waals surface area contributed by atoms with Crippen LogP contribution in [0.15, 0.2) is 18.2 Å². The highest BCUT2D eigenvalue weighted by molar-refractivity contribution is 6.34. The molecule has 160 valence electrons. The molecule has 2 aliphatic heterocycles. The number of nitrogens with zero attached hydrogens (tertiary/aromatic N) is 2. The second kappa shape index (κ2) is 9.05. The van der Waals surface area contributed by atoms with Gasteiger partial charge in [0.25, 0.3) is 11.8 Å². The number of halogens is 1. The second-order valence-corrected chi connectivity index (χ2v) is 10.1. The molecule has 3 rings (SSSR count). The van der Waals surface area contributed by atoms with Gasteiger partial charge in [0.2, 0.25) is 0 Å². The Morgan fingerprint density at radius 1 is 1.10 bits per heavy atom. The van der Waals surface area contributed by atoms with Crippen molar-refractivity contribution in [1.29, 1.82) is 0 Å². The first kappa shape index (κ1) is 22.1. The second-order valence-electron chi connectivity index (χ2n) is 9.66. The third-order valence-corrected chi connectivity index (χ3v) is 6.22. The van der Waals surface area contributed by atoms with Crippen molar-refractivity contribution in [2.24, 2.45) is 5.92 Å². The molecule has 6 heteroatoms. The molecular weight excluding hydrogens is 386 g/mol. The summed E-state index contributed by atoms with van der Waals surface area (Å²) in [6, 6.07) is 5.54. The Morgan fingerprint density at radius 3 is 2.38 bits per heavy atom. The minimum Gasteiger partial charge on any atom is -0.347 e. The zero-order chi connectivity index (χ0) is 21.2. The molecule has 0 radical (unpaired) electrons. The van der Waals surface area contributed by atoms with E-state index >= 15 is 0 Å². The number of carbonyl (C=O) groups is 2. The summed E-state index contributed by atoms with van der Waals surface area (Å²) in [7, 11) is 0. The molecule has 1 N–H and O–H groups in total. The summed E-state index contributed by atoms with van der Waals surface area (Å²) in [6.07, 6.45) is 4.64. The van der Waals surface area contributed by atoms with E-state index in [0.29, 0.717) is 22.2 Å². The van der Waals surface area contributed by atoms with Crippen molar-refractivity contribution in [3.8, 4) is 0 Å². The zero-order valence-electron chi connectivity index (χ0n) is 18.1. The summed E-state index contributed by atoms with van der Waals surface area (Å²) in [5.74, 6) is 0.550. The molecular formula is C23H34ClN3O2. The van der Waals surface area contributed by atoms with Crippen molar-refractivity contribution in [2.45, 2.75) is 65.0 Å². The van der Waals surface area contributed by atoms with Gasteiger partial charge in [0.05, 0.1) is 10.6 Å². The normalized spacial score (nSPS) is 21.8. The molecule has 0 bridgehead atoms. The van der Waals surface area contributed by atoms with E-state index < -0.39 is 0 Å². The van der Waals surface area contributed by atoms with Gasteiger partial charge in [-0.05, 0) is 77.1 Å². The minimum absolute atomic E-state index is 0.0387. The number of nitrogens with one attached hydrogen (secondary N) is 1. The maximum absolute atomic E-state index is 13.0. The lowest BCUT2D eigenvalue weighted by Gasteiger charge is -2.41. The van der Waals surface area contributed by atoms with Crippen molar-refractivity contribution >= 4 is 23.4 Å². The number of piperidine rings is 2. The SMILES string of the molecule is CC1CCCN(C2CCN(C(=O)c3ccc(C(=O)NC(C)(C)C)cc3Cl)CC2)C1. The van der Waals surface area contributed by atoms with Crippen LogP contribution in [0.5, 0.6) is 0 Å². The molecule has 1 atom stereocenters. The van der Waals surface area contributed by atoms with E-state index in [1.165, 1.54) is 25.9 Å². The molecule has 2 aliphatic rings. The molecule has 5 nitrogen and oxygen atoms in total. The fourth-order valence-corrected chi connectivity index (χ4v) is 4.67. The Bertz CT molecular complexity index is 751. The van der Waals surface area contributed by atoms with Crippen molar-refractivity contribution in [2.75, 3.05) is 26.2 Å². The van der Waals surface area contributed by atoms with Gasteiger partial charge in [-0.15, -0.1) is 0 Å². The molecule has 1 unspecified atom stereocenters. The lowest BCUT2D eigenvalue weighted by Crippen LogP contribution is -2.49. The summed E-state index contributed by atoms with van der Waals surface area (Å²) in [6.45, 7) is 12.0. The molecule has 2 amide bonds. The fourth-order valence-electron chi connectivity index (χ4n) is 4.40. The largest absolute Gasteiger partial charge is 0.347 e. The van der Waals surface area contributed by atoms with Crippen LogP contribution < -0.4 is 5.32 Å². The van der Waals surface area contributed by atoms with Crippen LogP contribution in [0.1, 0.15) is 74.1 Å². The van der Waals surface area contributed by atoms with Gasteiger partial charge in [-0.25, -0.2) is 0 Å². The topological polar surface area (TPSA) is 52.7 Å². The Balaban J connectivity index is 1.60. The lowest BCUT2D eigenvalue weighted by atomic mass is 9.95. The highest BCUT2D eigenvalue weighted by Gasteiger charge is 2.30. The molecule has 29 heavy (non-hydrogen) atoms. The molecule has 2 fully saturated rings. The van der Waals surface area contributed by atoms with Gasteiger partial charge in [0.1, 0.15) is 0 Å². The molecule has 2 heterocycles. The summed E-state index contributed by atoms with van der Waals surface area (Å²) < 4.78 is 0.